The highest BCUT2D eigenvalue weighted by molar-refractivity contribution is 9.10. The average Bonchev–Trinajstić information content (AvgIpc) is 2.71. The van der Waals surface area contributed by atoms with E-state index >= 15 is 0 Å². The molecule has 1 aliphatic rings. The smallest absolute Gasteiger partial charge is 0.325 e. The van der Waals surface area contributed by atoms with Crippen LogP contribution in [-0.2, 0) is 4.79 Å². The highest BCUT2D eigenvalue weighted by Gasteiger charge is 2.46. The molecule has 2 rings (SSSR count). The quantitative estimate of drug-likeness (QED) is 0.749. The van der Waals surface area contributed by atoms with Gasteiger partial charge >= 0.3 is 6.03 Å². The van der Waals surface area contributed by atoms with Crippen LogP contribution in [0.25, 0.3) is 0 Å². The molecular formula is C15H19BrN2O4. The molecule has 0 spiro atoms. The van der Waals surface area contributed by atoms with Crippen molar-refractivity contribution in [3.63, 3.8) is 0 Å². The van der Waals surface area contributed by atoms with E-state index in [4.69, 9.17) is 4.74 Å². The first-order chi connectivity index (χ1) is 10.4. The van der Waals surface area contributed by atoms with Crippen molar-refractivity contribution in [2.45, 2.75) is 31.9 Å². The number of ether oxygens (including phenoxy) is 1. The Morgan fingerprint density at radius 1 is 1.36 bits per heavy atom. The van der Waals surface area contributed by atoms with Crippen LogP contribution in [0.15, 0.2) is 28.7 Å². The maximum atomic E-state index is 12.2. The molecule has 2 atom stereocenters. The Morgan fingerprint density at radius 3 is 2.55 bits per heavy atom. The lowest BCUT2D eigenvalue weighted by Crippen LogP contribution is -2.44. The topological polar surface area (TPSA) is 78.9 Å². The van der Waals surface area contributed by atoms with E-state index in [-0.39, 0.29) is 19.1 Å². The van der Waals surface area contributed by atoms with Crippen molar-refractivity contribution in [3.05, 3.63) is 28.7 Å². The van der Waals surface area contributed by atoms with Crippen molar-refractivity contribution in [2.24, 2.45) is 0 Å². The highest BCUT2D eigenvalue weighted by atomic mass is 79.9. The number of aliphatic hydroxyl groups excluding tert-OH is 1. The summed E-state index contributed by atoms with van der Waals surface area (Å²) in [6, 6.07) is 6.70. The van der Waals surface area contributed by atoms with E-state index in [9.17, 15) is 14.7 Å². The molecule has 22 heavy (non-hydrogen) atoms. The van der Waals surface area contributed by atoms with Gasteiger partial charge in [0.1, 0.15) is 24.0 Å². The number of rotatable bonds is 6. The number of aliphatic hydroxyl groups is 1. The Bertz CT molecular complexity index is 563. The van der Waals surface area contributed by atoms with Gasteiger partial charge in [0.15, 0.2) is 0 Å². The summed E-state index contributed by atoms with van der Waals surface area (Å²) < 4.78 is 6.37. The fraction of sp³-hybridized carbons (Fsp3) is 0.467. The lowest BCUT2D eigenvalue weighted by atomic mass is 9.99. The van der Waals surface area contributed by atoms with Crippen LogP contribution >= 0.6 is 15.9 Å². The monoisotopic (exact) mass is 370 g/mol. The van der Waals surface area contributed by atoms with Crippen LogP contribution in [0.2, 0.25) is 0 Å². The fourth-order valence-corrected chi connectivity index (χ4v) is 2.40. The van der Waals surface area contributed by atoms with Gasteiger partial charge in [0.25, 0.3) is 5.91 Å². The number of hydrogen-bond donors (Lipinski definition) is 2. The van der Waals surface area contributed by atoms with Gasteiger partial charge in [-0.1, -0.05) is 22.9 Å². The second kappa shape index (κ2) is 6.66. The lowest BCUT2D eigenvalue weighted by molar-refractivity contribution is -0.132. The van der Waals surface area contributed by atoms with E-state index in [1.165, 1.54) is 0 Å². The molecule has 0 bridgehead atoms. The van der Waals surface area contributed by atoms with Crippen molar-refractivity contribution in [2.75, 3.05) is 13.2 Å². The molecule has 120 valence electrons. The fourth-order valence-electron chi connectivity index (χ4n) is 2.14. The zero-order chi connectivity index (χ0) is 16.3. The molecule has 1 aromatic rings. The normalized spacial score (nSPS) is 22.6. The zero-order valence-corrected chi connectivity index (χ0v) is 14.1. The van der Waals surface area contributed by atoms with Crippen LogP contribution in [0.5, 0.6) is 5.75 Å². The molecule has 1 saturated heterocycles. The summed E-state index contributed by atoms with van der Waals surface area (Å²) in [7, 11) is 0. The van der Waals surface area contributed by atoms with Gasteiger partial charge in [0, 0.05) is 4.47 Å². The Kier molecular flexibility index (Phi) is 5.08. The molecular weight excluding hydrogens is 352 g/mol. The van der Waals surface area contributed by atoms with Crippen LogP contribution in [0.4, 0.5) is 4.79 Å². The van der Waals surface area contributed by atoms with Crippen LogP contribution in [-0.4, -0.2) is 46.7 Å². The summed E-state index contributed by atoms with van der Waals surface area (Å²) >= 11 is 3.32. The van der Waals surface area contributed by atoms with Gasteiger partial charge in [0.2, 0.25) is 0 Å². The maximum absolute atomic E-state index is 12.2. The predicted octanol–water partition coefficient (Wildman–Crippen LogP) is 1.91. The summed E-state index contributed by atoms with van der Waals surface area (Å²) in [4.78, 5) is 25.1. The van der Waals surface area contributed by atoms with E-state index in [0.717, 1.165) is 9.37 Å². The number of imide groups is 1. The van der Waals surface area contributed by atoms with E-state index in [2.05, 4.69) is 21.2 Å². The van der Waals surface area contributed by atoms with Gasteiger partial charge in [-0.25, -0.2) is 4.79 Å². The minimum Gasteiger partial charge on any atom is -0.491 e. The molecule has 1 aliphatic heterocycles. The van der Waals surface area contributed by atoms with E-state index in [1.807, 2.05) is 19.1 Å². The number of benzene rings is 1. The SMILES string of the molecule is CC[C@@]1(C)NC(=O)N(C[C@H](O)COc2ccc(Br)cc2)C1=O. The number of nitrogens with zero attached hydrogens (tertiary/aromatic N) is 1. The van der Waals surface area contributed by atoms with Crippen molar-refractivity contribution in [3.8, 4) is 5.75 Å². The summed E-state index contributed by atoms with van der Waals surface area (Å²) in [5, 5.41) is 12.6. The van der Waals surface area contributed by atoms with Gasteiger partial charge in [-0.05, 0) is 37.6 Å². The summed E-state index contributed by atoms with van der Waals surface area (Å²) in [6.45, 7) is 3.42. The number of carbonyl (C=O) groups excluding carboxylic acids is 2. The first-order valence-electron chi connectivity index (χ1n) is 7.06. The predicted molar refractivity (Wildman–Crippen MR) is 84.6 cm³/mol. The Morgan fingerprint density at radius 2 is 2.00 bits per heavy atom. The Hall–Kier alpha value is -1.60. The Labute approximate surface area is 137 Å². The van der Waals surface area contributed by atoms with Crippen molar-refractivity contribution >= 4 is 27.9 Å². The largest absolute Gasteiger partial charge is 0.491 e. The zero-order valence-electron chi connectivity index (χ0n) is 12.5. The lowest BCUT2D eigenvalue weighted by Gasteiger charge is -2.21. The molecule has 0 saturated carbocycles. The Balaban J connectivity index is 1.89. The van der Waals surface area contributed by atoms with E-state index < -0.39 is 17.7 Å². The molecule has 3 amide bonds. The summed E-state index contributed by atoms with van der Waals surface area (Å²) in [5.41, 5.74) is -0.886. The number of hydrogen-bond acceptors (Lipinski definition) is 4. The summed E-state index contributed by atoms with van der Waals surface area (Å²) in [5.74, 6) is 0.292. The van der Waals surface area contributed by atoms with E-state index in [0.29, 0.717) is 12.2 Å². The summed E-state index contributed by atoms with van der Waals surface area (Å²) in [6.07, 6.45) is -0.447. The second-order valence-electron chi connectivity index (χ2n) is 5.45. The molecule has 0 unspecified atom stereocenters. The van der Waals surface area contributed by atoms with Gasteiger partial charge in [-0.3, -0.25) is 9.69 Å². The number of halogens is 1. The average molecular weight is 371 g/mol. The van der Waals surface area contributed by atoms with Crippen molar-refractivity contribution in [1.82, 2.24) is 10.2 Å². The maximum Gasteiger partial charge on any atom is 0.325 e. The molecule has 0 aromatic heterocycles. The number of carbonyl (C=O) groups is 2. The number of nitrogens with one attached hydrogen (secondary N) is 1. The first-order valence-corrected chi connectivity index (χ1v) is 7.85. The van der Waals surface area contributed by atoms with Gasteiger partial charge in [-0.15, -0.1) is 0 Å². The van der Waals surface area contributed by atoms with Gasteiger partial charge in [-0.2, -0.15) is 0 Å². The third-order valence-corrected chi connectivity index (χ3v) is 4.23. The van der Waals surface area contributed by atoms with Crippen LogP contribution in [0.3, 0.4) is 0 Å². The van der Waals surface area contributed by atoms with Gasteiger partial charge in [0.05, 0.1) is 6.54 Å². The molecule has 0 radical (unpaired) electrons. The molecule has 2 N–H and O–H groups in total. The minimum atomic E-state index is -0.947. The second-order valence-corrected chi connectivity index (χ2v) is 6.37. The minimum absolute atomic E-state index is 0.00152. The molecule has 1 fully saturated rings. The number of β-amino-alcohol motifs (C(OH)–C–C–N with tert-alkyl or cyclic N) is 1. The van der Waals surface area contributed by atoms with Crippen LogP contribution in [0, 0.1) is 0 Å². The molecule has 1 aromatic carbocycles. The molecule has 1 heterocycles. The van der Waals surface area contributed by atoms with Crippen molar-refractivity contribution in [1.29, 1.82) is 0 Å². The third-order valence-electron chi connectivity index (χ3n) is 3.70. The van der Waals surface area contributed by atoms with Gasteiger partial charge < -0.3 is 15.2 Å². The highest BCUT2D eigenvalue weighted by Crippen LogP contribution is 2.21. The van der Waals surface area contributed by atoms with Crippen molar-refractivity contribution < 1.29 is 19.4 Å². The molecule has 7 heteroatoms. The number of urea groups is 1. The van der Waals surface area contributed by atoms with E-state index in [1.54, 1.807) is 19.1 Å². The molecule has 0 aliphatic carbocycles. The molecule has 6 nitrogen and oxygen atoms in total. The third kappa shape index (κ3) is 3.59. The van der Waals surface area contributed by atoms with Crippen LogP contribution in [0.1, 0.15) is 20.3 Å². The van der Waals surface area contributed by atoms with Crippen LogP contribution < -0.4 is 10.1 Å². The first kappa shape index (κ1) is 16.8. The standard InChI is InChI=1S/C15H19BrN2O4/c1-3-15(2)13(20)18(14(21)17-15)8-11(19)9-22-12-6-4-10(16)5-7-12/h4-7,11,19H,3,8-9H2,1-2H3,(H,17,21)/t11-,15+/m0/s1. The number of amides is 3.